The van der Waals surface area contributed by atoms with Crippen molar-refractivity contribution in [2.75, 3.05) is 13.2 Å². The Kier molecular flexibility index (Phi) is 32.7. The van der Waals surface area contributed by atoms with E-state index in [2.05, 4.69) is 0 Å². The molecule has 0 aromatic rings. The van der Waals surface area contributed by atoms with Crippen molar-refractivity contribution in [1.82, 2.24) is 0 Å². The molecule has 0 spiro atoms. The number of hydrogen-bond donors (Lipinski definition) is 12. The third-order valence-electron chi connectivity index (χ3n) is 4.94. The maximum absolute atomic E-state index is 9.98. The molecule has 1 saturated carbocycles. The van der Waals surface area contributed by atoms with Crippen LogP contribution < -0.4 is 10.2 Å². The predicted octanol–water partition coefficient (Wildman–Crippen LogP) is -8.10. The SMILES string of the molecule is O=C(O)C(=O)O.O=C([O-])C(O)C(O)C(O)C(O)CO.O=C([O-])C(O)C(O)C(O)C(O)CO.[NH-][C@@H]1CCCC[C@H]1[NH-].[Pt+2].[Zn+2]. The molecule has 0 heterocycles. The fourth-order valence-corrected chi connectivity index (χ4v) is 2.45. The van der Waals surface area contributed by atoms with E-state index >= 15 is 0 Å². The van der Waals surface area contributed by atoms with Gasteiger partial charge < -0.3 is 92.5 Å². The van der Waals surface area contributed by atoms with Crippen LogP contribution in [0, 0.1) is 0 Å². The Morgan fingerprint density at radius 2 is 0.857 bits per heavy atom. The molecule has 0 radical (unpaired) electrons. The molecule has 20 nitrogen and oxygen atoms in total. The number of carboxylic acids is 4. The van der Waals surface area contributed by atoms with Crippen LogP contribution in [-0.4, -0.2) is 159 Å². The molecule has 0 aliphatic heterocycles. The van der Waals surface area contributed by atoms with E-state index in [0.29, 0.717) is 0 Å². The number of hydrogen-bond acceptors (Lipinski definition) is 16. The molecular weight excluding hydrogens is 817 g/mol. The molecule has 246 valence electrons. The molecular formula is C20H36N2O18PtZn. The Bertz CT molecular complexity index is 696. The van der Waals surface area contributed by atoms with E-state index in [1.54, 1.807) is 0 Å². The smallest absolute Gasteiger partial charge is 0.676 e. The zero-order valence-corrected chi connectivity index (χ0v) is 27.1. The van der Waals surface area contributed by atoms with Crippen molar-refractivity contribution in [3.8, 4) is 0 Å². The fraction of sp³-hybridized carbons (Fsp3) is 0.800. The first-order chi connectivity index (χ1) is 18.3. The second-order valence-corrected chi connectivity index (χ2v) is 8.10. The molecule has 42 heavy (non-hydrogen) atoms. The molecule has 0 aromatic heterocycles. The van der Waals surface area contributed by atoms with E-state index in [9.17, 15) is 19.8 Å². The number of aliphatic carboxylic acids is 4. The summed E-state index contributed by atoms with van der Waals surface area (Å²) >= 11 is 0. The van der Waals surface area contributed by atoms with E-state index in [4.69, 9.17) is 82.3 Å². The van der Waals surface area contributed by atoms with Gasteiger partial charge >= 0.3 is 52.5 Å². The first-order valence-corrected chi connectivity index (χ1v) is 11.2. The molecule has 14 N–H and O–H groups in total. The van der Waals surface area contributed by atoms with Gasteiger partial charge in [-0.2, -0.15) is 12.1 Å². The molecule has 1 aliphatic rings. The number of aliphatic hydroxyl groups excluding tert-OH is 10. The summed E-state index contributed by atoms with van der Waals surface area (Å²) in [7, 11) is 0. The number of carboxylic acid groups (broad SMARTS) is 4. The number of carbonyl (C=O) groups excluding carboxylic acids is 2. The molecule has 0 aromatic carbocycles. The van der Waals surface area contributed by atoms with E-state index in [0.717, 1.165) is 12.8 Å². The number of carbonyl (C=O) groups is 4. The molecule has 0 bridgehead atoms. The van der Waals surface area contributed by atoms with Crippen LogP contribution in [0.3, 0.4) is 0 Å². The van der Waals surface area contributed by atoms with Crippen LogP contribution in [0.5, 0.6) is 0 Å². The Morgan fingerprint density at radius 3 is 1.00 bits per heavy atom. The third kappa shape index (κ3) is 22.3. The van der Waals surface area contributed by atoms with Gasteiger partial charge in [-0.15, -0.1) is 0 Å². The summed E-state index contributed by atoms with van der Waals surface area (Å²) in [6.45, 7) is -1.73. The third-order valence-corrected chi connectivity index (χ3v) is 4.94. The quantitative estimate of drug-likeness (QED) is 0.0717. The monoisotopic (exact) mass is 851 g/mol. The Labute approximate surface area is 265 Å². The van der Waals surface area contributed by atoms with Gasteiger partial charge in [-0.05, 0) is 0 Å². The van der Waals surface area contributed by atoms with Gasteiger partial charge in [0.25, 0.3) is 0 Å². The predicted molar refractivity (Wildman–Crippen MR) is 122 cm³/mol. The van der Waals surface area contributed by atoms with Crippen LogP contribution in [0.1, 0.15) is 25.7 Å². The maximum atomic E-state index is 9.98. The van der Waals surface area contributed by atoms with Gasteiger partial charge in [0.2, 0.25) is 0 Å². The zero-order valence-electron chi connectivity index (χ0n) is 21.9. The molecule has 8 unspecified atom stereocenters. The Morgan fingerprint density at radius 1 is 0.619 bits per heavy atom. The summed E-state index contributed by atoms with van der Waals surface area (Å²) in [5, 5.41) is 122. The summed E-state index contributed by atoms with van der Waals surface area (Å²) in [4.78, 5) is 38.2. The van der Waals surface area contributed by atoms with E-state index in [1.165, 1.54) is 12.8 Å². The average molecular weight is 853 g/mol. The van der Waals surface area contributed by atoms with Crippen LogP contribution in [0.2, 0.25) is 0 Å². The van der Waals surface area contributed by atoms with Crippen LogP contribution in [0.4, 0.5) is 0 Å². The first-order valence-electron chi connectivity index (χ1n) is 11.2. The van der Waals surface area contributed by atoms with E-state index in [-0.39, 0.29) is 52.6 Å². The standard InChI is InChI=1S/C6H12N2.2C6H12O7.C2H2O4.Pt.Zn/c7-5-3-1-2-4-6(5)8;2*7-1-2(8)3(9)4(10)5(11)6(12)13;3-1(4)2(5)6;;/h5-8H,1-4H2;2*2-5,7-11H,1H2,(H,12,13);(H,3,4)(H,5,6);;/q-2;;;;2*+2/p-2/t5-,6-;;;;;/m1...../s1. The van der Waals surface area contributed by atoms with Crippen LogP contribution in [-0.2, 0) is 59.7 Å². The van der Waals surface area contributed by atoms with Gasteiger partial charge in [0.1, 0.15) is 48.8 Å². The van der Waals surface area contributed by atoms with Crippen molar-refractivity contribution >= 4 is 23.9 Å². The van der Waals surface area contributed by atoms with Crippen LogP contribution in [0.25, 0.3) is 11.5 Å². The number of rotatable bonds is 10. The normalized spacial score (nSPS) is 21.2. The minimum absolute atomic E-state index is 0. The van der Waals surface area contributed by atoms with Gasteiger partial charge in [0, 0.05) is 0 Å². The largest absolute Gasteiger partial charge is 2.00 e. The molecule has 10 atom stereocenters. The van der Waals surface area contributed by atoms with Crippen molar-refractivity contribution in [3.63, 3.8) is 0 Å². The van der Waals surface area contributed by atoms with Gasteiger partial charge in [0.05, 0.1) is 25.2 Å². The average Bonchev–Trinajstić information content (AvgIpc) is 2.91. The van der Waals surface area contributed by atoms with Gasteiger partial charge in [0.15, 0.2) is 0 Å². The molecule has 1 aliphatic carbocycles. The molecule has 1 fully saturated rings. The number of aliphatic hydroxyl groups is 10. The summed E-state index contributed by atoms with van der Waals surface area (Å²) in [6, 6.07) is -0.160. The van der Waals surface area contributed by atoms with Crippen LogP contribution >= 0.6 is 0 Å². The van der Waals surface area contributed by atoms with Crippen molar-refractivity contribution < 1.29 is 131 Å². The maximum Gasteiger partial charge on any atom is 2.00 e. The second-order valence-electron chi connectivity index (χ2n) is 8.10. The molecule has 0 saturated heterocycles. The van der Waals surface area contributed by atoms with Gasteiger partial charge in [-0.25, -0.2) is 9.59 Å². The van der Waals surface area contributed by atoms with Crippen molar-refractivity contribution in [2.45, 2.75) is 86.6 Å². The summed E-state index contributed by atoms with van der Waals surface area (Å²) in [5.41, 5.74) is 14.6. The van der Waals surface area contributed by atoms with Gasteiger partial charge in [-0.1, -0.05) is 25.7 Å². The molecule has 22 heteroatoms. The number of nitrogens with one attached hydrogen (secondary N) is 2. The molecule has 1 rings (SSSR count). The van der Waals surface area contributed by atoms with Gasteiger partial charge in [-0.3, -0.25) is 0 Å². The summed E-state index contributed by atoms with van der Waals surface area (Å²) in [6.07, 6.45) is -11.9. The molecule has 0 amide bonds. The summed E-state index contributed by atoms with van der Waals surface area (Å²) < 4.78 is 0. The van der Waals surface area contributed by atoms with Crippen molar-refractivity contribution in [2.24, 2.45) is 0 Å². The van der Waals surface area contributed by atoms with Crippen molar-refractivity contribution in [3.05, 3.63) is 11.5 Å². The Balaban J connectivity index is -0.000000148. The van der Waals surface area contributed by atoms with E-state index < -0.39 is 85.9 Å². The fourth-order valence-electron chi connectivity index (χ4n) is 2.45. The summed E-state index contributed by atoms with van der Waals surface area (Å²) in [5.74, 6) is -7.60. The second kappa shape index (κ2) is 27.3. The van der Waals surface area contributed by atoms with E-state index in [1.807, 2.05) is 0 Å². The van der Waals surface area contributed by atoms with Crippen LogP contribution in [0.15, 0.2) is 0 Å². The topological polar surface area (TPSA) is 405 Å². The minimum atomic E-state index is -2.31. The minimum Gasteiger partial charge on any atom is -0.676 e. The Hall–Kier alpha value is -1.29. The van der Waals surface area contributed by atoms with Crippen molar-refractivity contribution in [1.29, 1.82) is 0 Å². The zero-order chi connectivity index (χ0) is 32.3. The first kappa shape index (κ1) is 50.3.